The Labute approximate surface area is 191 Å². The van der Waals surface area contributed by atoms with E-state index >= 15 is 0 Å². The van der Waals surface area contributed by atoms with Crippen molar-refractivity contribution >= 4 is 37.5 Å². The van der Waals surface area contributed by atoms with Crippen molar-refractivity contribution in [2.75, 3.05) is 6.61 Å². The lowest BCUT2D eigenvalue weighted by molar-refractivity contribution is 0.286. The molecule has 154 valence electrons. The van der Waals surface area contributed by atoms with E-state index in [2.05, 4.69) is 76.6 Å². The van der Waals surface area contributed by atoms with E-state index in [1.807, 2.05) is 24.4 Å². The molecule has 2 aliphatic rings. The number of halogens is 1. The maximum atomic E-state index is 4.80. The molecule has 6 rings (SSSR count). The number of fused-ring (bicyclic) bond motifs is 5. The van der Waals surface area contributed by atoms with Crippen molar-refractivity contribution in [3.05, 3.63) is 113 Å². The van der Waals surface area contributed by atoms with Crippen LogP contribution in [-0.4, -0.2) is 11.6 Å². The van der Waals surface area contributed by atoms with Gasteiger partial charge >= 0.3 is 0 Å². The number of aromatic nitrogens is 1. The highest BCUT2D eigenvalue weighted by Gasteiger charge is 2.25. The summed E-state index contributed by atoms with van der Waals surface area (Å²) >= 11 is 3.51. The van der Waals surface area contributed by atoms with Crippen LogP contribution in [0.25, 0.3) is 21.5 Å². The number of aryl methyl sites for hydroxylation is 1. The van der Waals surface area contributed by atoms with Crippen LogP contribution >= 0.6 is 15.9 Å². The van der Waals surface area contributed by atoms with Gasteiger partial charge in [0.25, 0.3) is 0 Å². The Hall–Kier alpha value is -2.91. The fourth-order valence-corrected chi connectivity index (χ4v) is 4.90. The lowest BCUT2D eigenvalue weighted by atomic mass is 9.78. The molecule has 4 aromatic rings. The third-order valence-electron chi connectivity index (χ3n) is 6.07. The quantitative estimate of drug-likeness (QED) is 0.266. The number of rotatable bonds is 1. The Bertz CT molecular complexity index is 1260. The van der Waals surface area contributed by atoms with Crippen molar-refractivity contribution in [3.63, 3.8) is 0 Å². The van der Waals surface area contributed by atoms with Crippen LogP contribution in [0, 0.1) is 0 Å². The molecule has 2 nitrogen and oxygen atoms in total. The molecule has 1 aliphatic heterocycles. The molecule has 0 saturated heterocycles. The number of nitrogens with zero attached hydrogens (tertiary/aromatic N) is 1. The van der Waals surface area contributed by atoms with Crippen LogP contribution in [0.4, 0.5) is 0 Å². The average Bonchev–Trinajstić information content (AvgIpc) is 2.85. The summed E-state index contributed by atoms with van der Waals surface area (Å²) in [5.74, 6) is 0.390. The molecular weight excluding hydrogens is 446 g/mol. The minimum absolute atomic E-state index is 0.390. The summed E-state index contributed by atoms with van der Waals surface area (Å²) in [7, 11) is 0. The summed E-state index contributed by atoms with van der Waals surface area (Å²) in [4.78, 5) is 4.72. The Kier molecular flexibility index (Phi) is 5.86. The molecule has 0 fully saturated rings. The van der Waals surface area contributed by atoms with Gasteiger partial charge in [0.15, 0.2) is 0 Å². The molecule has 0 amide bonds. The number of ether oxygens (including phenoxy) is 1. The molecule has 0 spiro atoms. The first-order chi connectivity index (χ1) is 15.3. The Morgan fingerprint density at radius 3 is 2.52 bits per heavy atom. The summed E-state index contributed by atoms with van der Waals surface area (Å²) in [5.41, 5.74) is 4.16. The van der Waals surface area contributed by atoms with Gasteiger partial charge in [0, 0.05) is 22.3 Å². The molecule has 1 unspecified atom stereocenters. The van der Waals surface area contributed by atoms with Crippen LogP contribution in [-0.2, 0) is 11.2 Å². The molecule has 0 radical (unpaired) electrons. The van der Waals surface area contributed by atoms with Gasteiger partial charge in [-0.3, -0.25) is 4.98 Å². The van der Waals surface area contributed by atoms with Crippen molar-refractivity contribution in [2.45, 2.75) is 25.2 Å². The van der Waals surface area contributed by atoms with Gasteiger partial charge in [0.2, 0.25) is 0 Å². The monoisotopic (exact) mass is 469 g/mol. The molecule has 0 saturated carbocycles. The van der Waals surface area contributed by atoms with Crippen molar-refractivity contribution in [2.24, 2.45) is 0 Å². The van der Waals surface area contributed by atoms with E-state index in [1.54, 1.807) is 6.26 Å². The van der Waals surface area contributed by atoms with Crippen LogP contribution in [0.3, 0.4) is 0 Å². The number of benzene rings is 3. The minimum Gasteiger partial charge on any atom is -0.497 e. The summed E-state index contributed by atoms with van der Waals surface area (Å²) in [6.45, 7) is 0.733. The Morgan fingerprint density at radius 1 is 0.871 bits per heavy atom. The second kappa shape index (κ2) is 9.07. The lowest BCUT2D eigenvalue weighted by Crippen LogP contribution is -2.13. The van der Waals surface area contributed by atoms with Gasteiger partial charge in [-0.15, -0.1) is 0 Å². The van der Waals surface area contributed by atoms with Crippen LogP contribution in [0.2, 0.25) is 0 Å². The van der Waals surface area contributed by atoms with Crippen molar-refractivity contribution in [1.29, 1.82) is 0 Å². The van der Waals surface area contributed by atoms with Crippen molar-refractivity contribution in [3.8, 4) is 0 Å². The van der Waals surface area contributed by atoms with Crippen molar-refractivity contribution < 1.29 is 4.74 Å². The van der Waals surface area contributed by atoms with Gasteiger partial charge in [0.1, 0.15) is 6.61 Å². The fourth-order valence-electron chi connectivity index (χ4n) is 4.66. The Balaban J connectivity index is 0.000000296. The van der Waals surface area contributed by atoms with E-state index in [-0.39, 0.29) is 0 Å². The highest BCUT2D eigenvalue weighted by atomic mass is 79.9. The zero-order valence-electron chi connectivity index (χ0n) is 17.3. The van der Waals surface area contributed by atoms with E-state index in [1.165, 1.54) is 57.6 Å². The first-order valence-electron chi connectivity index (χ1n) is 10.8. The highest BCUT2D eigenvalue weighted by molar-refractivity contribution is 9.10. The number of hydrogen-bond acceptors (Lipinski definition) is 2. The zero-order chi connectivity index (χ0) is 21.0. The van der Waals surface area contributed by atoms with E-state index in [4.69, 9.17) is 9.72 Å². The van der Waals surface area contributed by atoms with E-state index in [0.29, 0.717) is 5.92 Å². The predicted octanol–water partition coefficient (Wildman–Crippen LogP) is 7.71. The van der Waals surface area contributed by atoms with Gasteiger partial charge in [-0.05, 0) is 92.1 Å². The molecule has 1 atom stereocenters. The molecule has 3 heteroatoms. The van der Waals surface area contributed by atoms with Gasteiger partial charge in [0.05, 0.1) is 6.26 Å². The second-order valence-corrected chi connectivity index (χ2v) is 8.87. The van der Waals surface area contributed by atoms with Gasteiger partial charge < -0.3 is 4.74 Å². The van der Waals surface area contributed by atoms with E-state index < -0.39 is 0 Å². The first kappa shape index (κ1) is 20.0. The molecule has 0 bridgehead atoms. The molecule has 2 heterocycles. The minimum atomic E-state index is 0.390. The van der Waals surface area contributed by atoms with Crippen molar-refractivity contribution in [1.82, 2.24) is 4.98 Å². The number of allylic oxidation sites excluding steroid dienone is 2. The van der Waals surface area contributed by atoms with E-state index in [9.17, 15) is 0 Å². The maximum absolute atomic E-state index is 4.80. The maximum Gasteiger partial charge on any atom is 0.106 e. The van der Waals surface area contributed by atoms with Crippen LogP contribution < -0.4 is 0 Å². The van der Waals surface area contributed by atoms with Gasteiger partial charge in [-0.1, -0.05) is 54.6 Å². The average molecular weight is 470 g/mol. The largest absolute Gasteiger partial charge is 0.497 e. The number of hydrogen-bond donors (Lipinski definition) is 0. The SMILES string of the molecule is Brc1ccc(C2CCCc3ccc4c(ccc5ccccc54)c32)nc1.C1=CCOC=C1. The first-order valence-corrected chi connectivity index (χ1v) is 11.6. The van der Waals surface area contributed by atoms with E-state index in [0.717, 1.165) is 11.1 Å². The van der Waals surface area contributed by atoms with Gasteiger partial charge in [-0.25, -0.2) is 0 Å². The van der Waals surface area contributed by atoms with Gasteiger partial charge in [-0.2, -0.15) is 0 Å². The predicted molar refractivity (Wildman–Crippen MR) is 132 cm³/mol. The smallest absolute Gasteiger partial charge is 0.106 e. The molecule has 0 N–H and O–H groups in total. The fraction of sp³-hybridized carbons (Fsp3) is 0.179. The van der Waals surface area contributed by atoms with Crippen LogP contribution in [0.5, 0.6) is 0 Å². The number of pyridine rings is 1. The molecular formula is C28H24BrNO. The molecule has 31 heavy (non-hydrogen) atoms. The third-order valence-corrected chi connectivity index (χ3v) is 6.54. The summed E-state index contributed by atoms with van der Waals surface area (Å²) in [5, 5.41) is 5.41. The topological polar surface area (TPSA) is 22.1 Å². The Morgan fingerprint density at radius 2 is 1.77 bits per heavy atom. The zero-order valence-corrected chi connectivity index (χ0v) is 18.9. The second-order valence-electron chi connectivity index (χ2n) is 7.96. The highest BCUT2D eigenvalue weighted by Crippen LogP contribution is 2.41. The molecule has 3 aromatic carbocycles. The third kappa shape index (κ3) is 4.15. The summed E-state index contributed by atoms with van der Waals surface area (Å²) < 4.78 is 5.84. The van der Waals surface area contributed by atoms with Crippen LogP contribution in [0.15, 0.2) is 95.8 Å². The normalized spacial score (nSPS) is 17.0. The molecule has 1 aliphatic carbocycles. The summed E-state index contributed by atoms with van der Waals surface area (Å²) in [6.07, 6.45) is 13.0. The standard InChI is InChI=1S/C23H18BrN.C5H6O/c24-17-10-13-22(25-14-17)21-7-3-5-16-9-11-19-18-6-2-1-4-15(18)8-12-20(19)23(16)21;1-2-4-6-5-3-1/h1-2,4,6,8-14,21H,3,5,7H2;1-4H,5H2. The lowest BCUT2D eigenvalue weighted by Gasteiger charge is -2.27. The van der Waals surface area contributed by atoms with Crippen LogP contribution in [0.1, 0.15) is 35.6 Å². The summed E-state index contributed by atoms with van der Waals surface area (Å²) in [6, 6.07) is 22.2. The molecule has 1 aromatic heterocycles.